The molecule has 0 heterocycles. The van der Waals surface area contributed by atoms with E-state index in [2.05, 4.69) is 0 Å². The zero-order valence-corrected chi connectivity index (χ0v) is 11.4. The summed E-state index contributed by atoms with van der Waals surface area (Å²) < 4.78 is 86.1. The van der Waals surface area contributed by atoms with Crippen LogP contribution in [0.2, 0.25) is 0 Å². The van der Waals surface area contributed by atoms with Crippen molar-refractivity contribution in [3.63, 3.8) is 0 Å². The average molecular weight is 360 g/mol. The van der Waals surface area contributed by atoms with E-state index in [1.165, 1.54) is 20.8 Å². The number of ketones is 2. The van der Waals surface area contributed by atoms with Crippen LogP contribution in [-0.2, 0) is 26.7 Å². The van der Waals surface area contributed by atoms with Crippen LogP contribution >= 0.6 is 0 Å². The van der Waals surface area contributed by atoms with Crippen LogP contribution in [0.1, 0.15) is 27.2 Å². The molecular weight excluding hydrogens is 349 g/mol. The molecule has 0 bridgehead atoms. The predicted molar refractivity (Wildman–Crippen MR) is 50.0 cm³/mol. The van der Waals surface area contributed by atoms with Crippen molar-refractivity contribution in [1.82, 2.24) is 0 Å². The van der Waals surface area contributed by atoms with Crippen molar-refractivity contribution >= 4 is 11.6 Å². The zero-order valence-electron chi connectivity index (χ0n) is 10.5. The smallest absolute Gasteiger partial charge is 0.299 e. The van der Waals surface area contributed by atoms with Gasteiger partial charge in [0.15, 0.2) is 0 Å². The Morgan fingerprint density at radius 1 is 0.800 bits per heavy atom. The molecular formula is C10H11CuF7O2. The maximum Gasteiger partial charge on any atom is 0.460 e. The summed E-state index contributed by atoms with van der Waals surface area (Å²) in [6.45, 7) is 3.63. The molecule has 0 aromatic heterocycles. The molecule has 0 N–H and O–H groups in total. The van der Waals surface area contributed by atoms with E-state index in [9.17, 15) is 40.3 Å². The molecule has 0 aliphatic heterocycles. The molecule has 0 rings (SSSR count). The fourth-order valence-corrected chi connectivity index (χ4v) is 0.875. The van der Waals surface area contributed by atoms with E-state index in [1.807, 2.05) is 0 Å². The van der Waals surface area contributed by atoms with Gasteiger partial charge in [0.05, 0.1) is 6.42 Å². The maximum atomic E-state index is 12.9. The monoisotopic (exact) mass is 359 g/mol. The number of carbonyl (C=O) groups excluding carboxylic acids is 2. The minimum absolute atomic E-state index is 0. The number of alkyl halides is 7. The van der Waals surface area contributed by atoms with Crippen molar-refractivity contribution in [2.75, 3.05) is 0 Å². The number of hydrogen-bond acceptors (Lipinski definition) is 2. The number of hydrogen-bond donors (Lipinski definition) is 0. The fourth-order valence-electron chi connectivity index (χ4n) is 0.875. The third-order valence-corrected chi connectivity index (χ3v) is 2.26. The summed E-state index contributed by atoms with van der Waals surface area (Å²) in [4.78, 5) is 22.1. The van der Waals surface area contributed by atoms with E-state index in [0.29, 0.717) is 0 Å². The number of carbonyl (C=O) groups is 2. The molecule has 1 radical (unpaired) electrons. The van der Waals surface area contributed by atoms with Crippen molar-refractivity contribution in [1.29, 1.82) is 0 Å². The van der Waals surface area contributed by atoms with Gasteiger partial charge in [-0.2, -0.15) is 30.7 Å². The van der Waals surface area contributed by atoms with Gasteiger partial charge < -0.3 is 0 Å². The second kappa shape index (κ2) is 6.01. The van der Waals surface area contributed by atoms with E-state index in [4.69, 9.17) is 0 Å². The summed E-state index contributed by atoms with van der Waals surface area (Å²) >= 11 is 0. The van der Waals surface area contributed by atoms with Crippen LogP contribution < -0.4 is 0 Å². The Bertz CT molecular complexity index is 382. The Morgan fingerprint density at radius 3 is 1.40 bits per heavy atom. The molecule has 20 heavy (non-hydrogen) atoms. The number of Topliss-reactive ketones (excluding diaryl/α,β-unsaturated/α-hetero) is 2. The summed E-state index contributed by atoms with van der Waals surface area (Å²) in [5.41, 5.74) is -1.31. The number of rotatable bonds is 4. The Balaban J connectivity index is 0. The van der Waals surface area contributed by atoms with Gasteiger partial charge in [0, 0.05) is 22.5 Å². The van der Waals surface area contributed by atoms with Gasteiger partial charge in [0.2, 0.25) is 5.78 Å². The molecule has 0 fully saturated rings. The minimum Gasteiger partial charge on any atom is -0.299 e. The third kappa shape index (κ3) is 4.18. The second-order valence-electron chi connectivity index (χ2n) is 4.92. The SMILES string of the molecule is CC(C)(C)C(=O)CC(=O)C(F)(F)C(F)(F)C(F)(F)F.[Cu]. The average Bonchev–Trinajstić information content (AvgIpc) is 2.13. The van der Waals surface area contributed by atoms with Gasteiger partial charge in [-0.05, 0) is 0 Å². The second-order valence-corrected chi connectivity index (χ2v) is 4.92. The molecule has 10 heteroatoms. The summed E-state index contributed by atoms with van der Waals surface area (Å²) in [6.07, 6.45) is -8.28. The summed E-state index contributed by atoms with van der Waals surface area (Å²) in [5, 5.41) is 0. The van der Waals surface area contributed by atoms with Crippen LogP contribution in [0.4, 0.5) is 30.7 Å². The summed E-state index contributed by atoms with van der Waals surface area (Å²) in [7, 11) is 0. The van der Waals surface area contributed by atoms with Crippen molar-refractivity contribution < 1.29 is 57.4 Å². The molecule has 0 saturated heterocycles. The first-order chi connectivity index (χ1) is 8.05. The summed E-state index contributed by atoms with van der Waals surface area (Å²) in [6, 6.07) is 0. The Hall–Kier alpha value is -0.631. The van der Waals surface area contributed by atoms with Gasteiger partial charge in [-0.25, -0.2) is 0 Å². The first-order valence-electron chi connectivity index (χ1n) is 4.94. The van der Waals surface area contributed by atoms with Crippen LogP contribution in [0.15, 0.2) is 0 Å². The van der Waals surface area contributed by atoms with Crippen LogP contribution in [0.5, 0.6) is 0 Å². The maximum absolute atomic E-state index is 12.9. The molecule has 0 aromatic carbocycles. The van der Waals surface area contributed by atoms with Crippen molar-refractivity contribution in [3.8, 4) is 0 Å². The first-order valence-corrected chi connectivity index (χ1v) is 4.94. The van der Waals surface area contributed by atoms with Gasteiger partial charge in [-0.1, -0.05) is 20.8 Å². The van der Waals surface area contributed by atoms with Gasteiger partial charge in [-0.3, -0.25) is 9.59 Å². The Labute approximate surface area is 120 Å². The Kier molecular flexibility index (Phi) is 6.51. The molecule has 0 spiro atoms. The molecule has 0 aliphatic carbocycles. The van der Waals surface area contributed by atoms with Crippen molar-refractivity contribution in [2.45, 2.75) is 45.2 Å². The van der Waals surface area contributed by atoms with E-state index in [-0.39, 0.29) is 17.1 Å². The molecule has 123 valence electrons. The molecule has 0 unspecified atom stereocenters. The van der Waals surface area contributed by atoms with Gasteiger partial charge in [0.1, 0.15) is 5.78 Å². The normalized spacial score (nSPS) is 13.7. The van der Waals surface area contributed by atoms with Crippen LogP contribution in [-0.4, -0.2) is 29.6 Å². The van der Waals surface area contributed by atoms with Crippen molar-refractivity contribution in [3.05, 3.63) is 0 Å². The van der Waals surface area contributed by atoms with Crippen LogP contribution in [0.3, 0.4) is 0 Å². The third-order valence-electron chi connectivity index (χ3n) is 2.26. The predicted octanol–water partition coefficient (Wildman–Crippen LogP) is 3.39. The van der Waals surface area contributed by atoms with Crippen molar-refractivity contribution in [2.24, 2.45) is 5.41 Å². The first kappa shape index (κ1) is 21.7. The van der Waals surface area contributed by atoms with E-state index < -0.39 is 41.4 Å². The topological polar surface area (TPSA) is 34.1 Å². The zero-order chi connectivity index (χ0) is 15.9. The Morgan fingerprint density at radius 2 is 1.15 bits per heavy atom. The van der Waals surface area contributed by atoms with Gasteiger partial charge in [0.25, 0.3) is 0 Å². The largest absolute Gasteiger partial charge is 0.460 e. The van der Waals surface area contributed by atoms with E-state index in [0.717, 1.165) is 0 Å². The van der Waals surface area contributed by atoms with Gasteiger partial charge in [-0.15, -0.1) is 0 Å². The van der Waals surface area contributed by atoms with E-state index in [1.54, 1.807) is 0 Å². The molecule has 0 amide bonds. The number of halogens is 7. The molecule has 0 aromatic rings. The quantitative estimate of drug-likeness (QED) is 0.438. The van der Waals surface area contributed by atoms with E-state index >= 15 is 0 Å². The molecule has 0 saturated carbocycles. The molecule has 0 atom stereocenters. The standard InChI is InChI=1S/C10H11F7O2.Cu/c1-7(2,3)5(18)4-6(19)8(11,12)9(13,14)10(15,16)17;/h4H2,1-3H3;. The van der Waals surface area contributed by atoms with Crippen LogP contribution in [0, 0.1) is 5.41 Å². The molecule has 2 nitrogen and oxygen atoms in total. The van der Waals surface area contributed by atoms with Crippen LogP contribution in [0.25, 0.3) is 0 Å². The fraction of sp³-hybridized carbons (Fsp3) is 0.800. The molecule has 0 aliphatic rings. The minimum atomic E-state index is -6.59. The summed E-state index contributed by atoms with van der Waals surface area (Å²) in [5.74, 6) is -16.4. The van der Waals surface area contributed by atoms with Gasteiger partial charge >= 0.3 is 18.0 Å².